The number of aromatic hydroxyl groups is 1. The summed E-state index contributed by atoms with van der Waals surface area (Å²) in [4.78, 5) is 1.93. The van der Waals surface area contributed by atoms with Gasteiger partial charge in [0.2, 0.25) is 0 Å². The van der Waals surface area contributed by atoms with E-state index in [1.165, 1.54) is 14.2 Å². The first-order chi connectivity index (χ1) is 13.1. The SMILES string of the molecule is COP(=O)(OC)C(c1ccc(O)cc1)N(c1ccccc1)c1ccccc1. The molecule has 0 saturated heterocycles. The van der Waals surface area contributed by atoms with E-state index in [2.05, 4.69) is 0 Å². The van der Waals surface area contributed by atoms with Crippen LogP contribution in [0.5, 0.6) is 5.75 Å². The minimum atomic E-state index is -3.57. The Balaban J connectivity index is 2.25. The van der Waals surface area contributed by atoms with Gasteiger partial charge in [0.15, 0.2) is 5.78 Å². The quantitative estimate of drug-likeness (QED) is 0.529. The van der Waals surface area contributed by atoms with E-state index in [0.29, 0.717) is 5.56 Å². The van der Waals surface area contributed by atoms with E-state index in [9.17, 15) is 9.67 Å². The summed E-state index contributed by atoms with van der Waals surface area (Å²) in [7, 11) is -0.809. The highest BCUT2D eigenvalue weighted by molar-refractivity contribution is 7.54. The van der Waals surface area contributed by atoms with Crippen molar-refractivity contribution in [2.24, 2.45) is 0 Å². The second kappa shape index (κ2) is 8.40. The number of para-hydroxylation sites is 2. The van der Waals surface area contributed by atoms with E-state index in [4.69, 9.17) is 9.05 Å². The number of nitrogens with zero attached hydrogens (tertiary/aromatic N) is 1. The van der Waals surface area contributed by atoms with Crippen LogP contribution in [-0.4, -0.2) is 19.3 Å². The van der Waals surface area contributed by atoms with Crippen molar-refractivity contribution < 1.29 is 18.7 Å². The van der Waals surface area contributed by atoms with E-state index in [-0.39, 0.29) is 5.75 Å². The third-order valence-corrected chi connectivity index (χ3v) is 6.46. The molecule has 5 nitrogen and oxygen atoms in total. The highest BCUT2D eigenvalue weighted by atomic mass is 31.2. The van der Waals surface area contributed by atoms with Gasteiger partial charge in [0, 0.05) is 25.6 Å². The van der Waals surface area contributed by atoms with Gasteiger partial charge in [-0.1, -0.05) is 48.5 Å². The van der Waals surface area contributed by atoms with Crippen LogP contribution < -0.4 is 4.90 Å². The maximum atomic E-state index is 13.6. The third-order valence-electron chi connectivity index (χ3n) is 4.31. The zero-order chi connectivity index (χ0) is 19.3. The van der Waals surface area contributed by atoms with Gasteiger partial charge in [-0.05, 0) is 42.0 Å². The average molecular weight is 383 g/mol. The summed E-state index contributed by atoms with van der Waals surface area (Å²) in [6.45, 7) is 0. The molecule has 0 aliphatic carbocycles. The van der Waals surface area contributed by atoms with Crippen molar-refractivity contribution in [3.63, 3.8) is 0 Å². The Kier molecular flexibility index (Phi) is 5.97. The van der Waals surface area contributed by atoms with Crippen LogP contribution in [-0.2, 0) is 13.6 Å². The predicted octanol–water partition coefficient (Wildman–Crippen LogP) is 5.72. The summed E-state index contributed by atoms with van der Waals surface area (Å²) >= 11 is 0. The van der Waals surface area contributed by atoms with E-state index in [0.717, 1.165) is 11.4 Å². The molecule has 27 heavy (non-hydrogen) atoms. The molecule has 3 rings (SSSR count). The Hall–Kier alpha value is -2.59. The van der Waals surface area contributed by atoms with E-state index >= 15 is 0 Å². The zero-order valence-corrected chi connectivity index (χ0v) is 16.1. The first-order valence-electron chi connectivity index (χ1n) is 8.48. The van der Waals surface area contributed by atoms with Gasteiger partial charge in [0.05, 0.1) is 0 Å². The lowest BCUT2D eigenvalue weighted by atomic mass is 10.1. The van der Waals surface area contributed by atoms with Gasteiger partial charge in [0.1, 0.15) is 5.75 Å². The Morgan fingerprint density at radius 1 is 0.778 bits per heavy atom. The number of hydrogen-bond acceptors (Lipinski definition) is 5. The molecule has 0 bridgehead atoms. The summed E-state index contributed by atoms with van der Waals surface area (Å²) in [5.74, 6) is -0.606. The molecule has 3 aromatic rings. The average Bonchev–Trinajstić information content (AvgIpc) is 2.73. The monoisotopic (exact) mass is 383 g/mol. The molecule has 0 amide bonds. The van der Waals surface area contributed by atoms with Gasteiger partial charge in [-0.2, -0.15) is 0 Å². The minimum absolute atomic E-state index is 0.133. The molecule has 0 aromatic heterocycles. The summed E-state index contributed by atoms with van der Waals surface area (Å²) < 4.78 is 24.3. The Labute approximate surface area is 159 Å². The minimum Gasteiger partial charge on any atom is -0.508 e. The lowest BCUT2D eigenvalue weighted by molar-refractivity contribution is 0.266. The smallest absolute Gasteiger partial charge is 0.357 e. The van der Waals surface area contributed by atoms with Crippen LogP contribution in [0.3, 0.4) is 0 Å². The fourth-order valence-electron chi connectivity index (χ4n) is 3.00. The fourth-order valence-corrected chi connectivity index (χ4v) is 4.64. The van der Waals surface area contributed by atoms with Gasteiger partial charge < -0.3 is 19.1 Å². The Morgan fingerprint density at radius 2 is 1.22 bits per heavy atom. The first-order valence-corrected chi connectivity index (χ1v) is 10.1. The molecular formula is C21H22NO4P. The van der Waals surface area contributed by atoms with Gasteiger partial charge in [-0.15, -0.1) is 0 Å². The maximum absolute atomic E-state index is 13.6. The predicted molar refractivity (Wildman–Crippen MR) is 107 cm³/mol. The van der Waals surface area contributed by atoms with Crippen molar-refractivity contribution in [2.45, 2.75) is 5.78 Å². The van der Waals surface area contributed by atoms with Crippen LogP contribution in [0.25, 0.3) is 0 Å². The summed E-state index contributed by atoms with van der Waals surface area (Å²) in [5.41, 5.74) is 2.39. The van der Waals surface area contributed by atoms with Crippen LogP contribution in [0.2, 0.25) is 0 Å². The van der Waals surface area contributed by atoms with Crippen LogP contribution >= 0.6 is 7.60 Å². The van der Waals surface area contributed by atoms with E-state index in [1.54, 1.807) is 24.3 Å². The lowest BCUT2D eigenvalue weighted by Gasteiger charge is -2.36. The van der Waals surface area contributed by atoms with Crippen LogP contribution in [0.15, 0.2) is 84.9 Å². The van der Waals surface area contributed by atoms with Crippen LogP contribution in [0.1, 0.15) is 11.3 Å². The standard InChI is InChI=1S/C21H22NO4P/c1-25-27(24,26-2)21(17-13-15-20(23)16-14-17)22(18-9-5-3-6-10-18)19-11-7-4-8-12-19/h3-16,21,23H,1-2H3. The normalized spacial score (nSPS) is 12.5. The van der Waals surface area contributed by atoms with Gasteiger partial charge in [0.25, 0.3) is 0 Å². The summed E-state index contributed by atoms with van der Waals surface area (Å²) in [6.07, 6.45) is 0. The number of hydrogen-bond donors (Lipinski definition) is 1. The molecule has 140 valence electrons. The van der Waals surface area contributed by atoms with Crippen molar-refractivity contribution in [3.8, 4) is 5.75 Å². The molecule has 1 atom stereocenters. The molecule has 3 aromatic carbocycles. The highest BCUT2D eigenvalue weighted by Gasteiger charge is 2.41. The highest BCUT2D eigenvalue weighted by Crippen LogP contribution is 2.63. The molecular weight excluding hydrogens is 361 g/mol. The van der Waals surface area contributed by atoms with Crippen molar-refractivity contribution in [1.82, 2.24) is 0 Å². The molecule has 0 fully saturated rings. The molecule has 0 spiro atoms. The van der Waals surface area contributed by atoms with Crippen molar-refractivity contribution >= 4 is 19.0 Å². The maximum Gasteiger partial charge on any atom is 0.357 e. The van der Waals surface area contributed by atoms with Crippen molar-refractivity contribution in [2.75, 3.05) is 19.1 Å². The molecule has 0 heterocycles. The lowest BCUT2D eigenvalue weighted by Crippen LogP contribution is -2.25. The molecule has 0 saturated carbocycles. The van der Waals surface area contributed by atoms with Crippen molar-refractivity contribution in [1.29, 1.82) is 0 Å². The van der Waals surface area contributed by atoms with Crippen LogP contribution in [0.4, 0.5) is 11.4 Å². The Bertz CT molecular complexity index is 853. The van der Waals surface area contributed by atoms with E-state index < -0.39 is 13.4 Å². The number of rotatable bonds is 7. The van der Waals surface area contributed by atoms with E-state index in [1.807, 2.05) is 65.6 Å². The molecule has 1 unspecified atom stereocenters. The van der Waals surface area contributed by atoms with Crippen molar-refractivity contribution in [3.05, 3.63) is 90.5 Å². The first kappa shape index (κ1) is 19.2. The summed E-state index contributed by atoms with van der Waals surface area (Å²) in [6, 6.07) is 25.9. The number of phenolic OH excluding ortho intramolecular Hbond substituents is 1. The molecule has 6 heteroatoms. The second-order valence-electron chi connectivity index (χ2n) is 5.91. The Morgan fingerprint density at radius 3 is 1.63 bits per heavy atom. The van der Waals surface area contributed by atoms with Gasteiger partial charge in [-0.25, -0.2) is 0 Å². The molecule has 0 aliphatic rings. The molecule has 0 radical (unpaired) electrons. The zero-order valence-electron chi connectivity index (χ0n) is 15.2. The summed E-state index contributed by atoms with van der Waals surface area (Å²) in [5, 5.41) is 9.68. The third kappa shape index (κ3) is 4.06. The number of benzene rings is 3. The fraction of sp³-hybridized carbons (Fsp3) is 0.143. The largest absolute Gasteiger partial charge is 0.508 e. The van der Waals surface area contributed by atoms with Gasteiger partial charge in [-0.3, -0.25) is 4.57 Å². The second-order valence-corrected chi connectivity index (χ2v) is 8.21. The van der Waals surface area contributed by atoms with Crippen LogP contribution in [0, 0.1) is 0 Å². The topological polar surface area (TPSA) is 59.0 Å². The number of phenols is 1. The number of anilines is 2. The van der Waals surface area contributed by atoms with Gasteiger partial charge >= 0.3 is 7.60 Å². The molecule has 1 N–H and O–H groups in total. The molecule has 0 aliphatic heterocycles.